The van der Waals surface area contributed by atoms with Crippen molar-refractivity contribution >= 4 is 62.1 Å². The van der Waals surface area contributed by atoms with Gasteiger partial charge in [0.15, 0.2) is 23.8 Å². The average Bonchev–Trinajstić information content (AvgIpc) is 3.82. The number of esters is 1. The van der Waals surface area contributed by atoms with Crippen molar-refractivity contribution < 1.29 is 66.3 Å². The van der Waals surface area contributed by atoms with Crippen molar-refractivity contribution in [2.24, 2.45) is 0 Å². The third kappa shape index (κ3) is 11.0. The van der Waals surface area contributed by atoms with Crippen LogP contribution in [0.5, 0.6) is 0 Å². The number of amides is 1. The SMILES string of the molecule is C=CCCC(=O)N[C@@H](CCSC)C(=O)O[C@H]1[C@@H](O)[C@H](n2cnc3c(N)ncnc32)O[C@@H]1COP(=O)(O)O[C@H]1C[C@H](n2ccc(N)nc2=O)O[C@@H]1COP(=O)(O)O. The third-order valence-corrected chi connectivity index (χ3v) is 10.6. The minimum atomic E-state index is -5.18. The van der Waals surface area contributed by atoms with Crippen molar-refractivity contribution in [1.82, 2.24) is 34.4 Å². The molecule has 2 aliphatic heterocycles. The molecule has 0 radical (unpaired) electrons. The highest BCUT2D eigenvalue weighted by atomic mass is 32.2. The van der Waals surface area contributed by atoms with Crippen molar-refractivity contribution in [2.75, 3.05) is 36.7 Å². The Bertz CT molecular complexity index is 2040. The van der Waals surface area contributed by atoms with Gasteiger partial charge >= 0.3 is 27.3 Å². The van der Waals surface area contributed by atoms with Gasteiger partial charge in [0.1, 0.15) is 54.3 Å². The average molecular weight is 850 g/mol. The van der Waals surface area contributed by atoms with Crippen molar-refractivity contribution in [3.05, 3.63) is 48.1 Å². The van der Waals surface area contributed by atoms with Crippen molar-refractivity contribution in [2.45, 2.75) is 74.7 Å². The molecule has 24 nitrogen and oxygen atoms in total. The van der Waals surface area contributed by atoms with E-state index >= 15 is 0 Å². The van der Waals surface area contributed by atoms with Crippen LogP contribution in [0.15, 0.2) is 42.4 Å². The molecule has 0 saturated carbocycles. The molecule has 0 aliphatic carbocycles. The summed E-state index contributed by atoms with van der Waals surface area (Å²) in [6, 6.07) is 0.135. The molecule has 5 rings (SSSR count). The number of aliphatic hydroxyl groups is 1. The molecule has 2 saturated heterocycles. The van der Waals surface area contributed by atoms with Gasteiger partial charge in [-0.2, -0.15) is 16.7 Å². The summed E-state index contributed by atoms with van der Waals surface area (Å²) >= 11 is 1.41. The maximum Gasteiger partial charge on any atom is 0.472 e. The smallest absolute Gasteiger partial charge is 0.455 e. The van der Waals surface area contributed by atoms with E-state index in [4.69, 9.17) is 34.7 Å². The Morgan fingerprint density at radius 2 is 1.89 bits per heavy atom. The summed E-state index contributed by atoms with van der Waals surface area (Å²) in [6.07, 6.45) is -3.01. The molecular formula is C29H41N9O15P2S. The Hall–Kier alpha value is -3.84. The summed E-state index contributed by atoms with van der Waals surface area (Å²) in [5.41, 5.74) is 10.9. The largest absolute Gasteiger partial charge is 0.472 e. The van der Waals surface area contributed by atoms with Gasteiger partial charge in [0.25, 0.3) is 0 Å². The van der Waals surface area contributed by atoms with Gasteiger partial charge < -0.3 is 50.8 Å². The van der Waals surface area contributed by atoms with E-state index in [-0.39, 0.29) is 42.1 Å². The normalized spacial score (nSPS) is 25.5. The molecule has 5 heterocycles. The molecule has 0 bridgehead atoms. The standard InChI is InChI=1S/C29H41N9O15P2S/c1-3-4-5-20(39)35-15(7-9-56-2)28(41)52-24-18(51-27(23(24)40)38-14-34-22-25(31)32-13-33-26(22)38)12-49-55(46,47)53-16-10-21(37-8-6-19(30)36-29(37)42)50-17(16)11-48-54(43,44)45/h3,6,8,13-18,21,23-24,27,40H,1,4-5,7,9-12H2,2H3,(H,35,39)(H,46,47)(H2,30,36,42)(H2,31,32,33)(H2,43,44,45)/t15-,16-,17+,18+,21+,23+,24+,27+/m0/s1. The number of nitrogens with two attached hydrogens (primary N) is 2. The predicted molar refractivity (Wildman–Crippen MR) is 194 cm³/mol. The topological polar surface area (TPSA) is 347 Å². The van der Waals surface area contributed by atoms with E-state index in [1.54, 1.807) is 12.3 Å². The first-order valence-electron chi connectivity index (χ1n) is 16.7. The molecule has 0 spiro atoms. The fourth-order valence-electron chi connectivity index (χ4n) is 5.80. The molecule has 2 aliphatic rings. The van der Waals surface area contributed by atoms with E-state index in [9.17, 15) is 43.3 Å². The summed E-state index contributed by atoms with van der Waals surface area (Å²) < 4.78 is 59.8. The number of carbonyl (C=O) groups excluding carboxylic acids is 2. The predicted octanol–water partition coefficient (Wildman–Crippen LogP) is -0.479. The van der Waals surface area contributed by atoms with Crippen molar-refractivity contribution in [3.8, 4) is 0 Å². The molecule has 56 heavy (non-hydrogen) atoms. The molecule has 308 valence electrons. The second-order valence-electron chi connectivity index (χ2n) is 12.4. The van der Waals surface area contributed by atoms with E-state index in [0.29, 0.717) is 12.2 Å². The Labute approximate surface area is 321 Å². The summed E-state index contributed by atoms with van der Waals surface area (Å²) in [5, 5.41) is 14.2. The number of thioether (sulfide) groups is 1. The first-order chi connectivity index (χ1) is 26.5. The maximum absolute atomic E-state index is 13.6. The van der Waals surface area contributed by atoms with Crippen molar-refractivity contribution in [1.29, 1.82) is 0 Å². The van der Waals surface area contributed by atoms with Crippen LogP contribution < -0.4 is 22.5 Å². The second kappa shape index (κ2) is 18.6. The molecule has 3 aromatic rings. The molecule has 1 amide bonds. The quantitative estimate of drug-likeness (QED) is 0.0455. The monoisotopic (exact) mass is 849 g/mol. The van der Waals surface area contributed by atoms with Gasteiger partial charge in [0.05, 0.1) is 19.5 Å². The van der Waals surface area contributed by atoms with Gasteiger partial charge in [-0.25, -0.2) is 33.7 Å². The zero-order valence-electron chi connectivity index (χ0n) is 29.6. The molecule has 2 fully saturated rings. The number of phosphoric ester groups is 2. The van der Waals surface area contributed by atoms with Crippen LogP contribution in [0.3, 0.4) is 0 Å². The Balaban J connectivity index is 1.36. The highest BCUT2D eigenvalue weighted by Crippen LogP contribution is 2.50. The van der Waals surface area contributed by atoms with Crippen LogP contribution >= 0.6 is 27.4 Å². The molecule has 27 heteroatoms. The number of nitrogens with one attached hydrogen (secondary N) is 1. The number of nitrogens with zero attached hydrogens (tertiary/aromatic N) is 6. The third-order valence-electron chi connectivity index (χ3n) is 8.45. The number of ether oxygens (including phenoxy) is 3. The number of aromatic nitrogens is 6. The lowest BCUT2D eigenvalue weighted by atomic mass is 10.1. The highest BCUT2D eigenvalue weighted by molar-refractivity contribution is 7.98. The summed E-state index contributed by atoms with van der Waals surface area (Å²) in [5.74, 6) is -1.02. The maximum atomic E-state index is 13.6. The second-order valence-corrected chi connectivity index (χ2v) is 16.0. The zero-order chi connectivity index (χ0) is 40.8. The van der Waals surface area contributed by atoms with E-state index in [0.717, 1.165) is 10.9 Å². The number of hydrogen-bond acceptors (Lipinski definition) is 19. The van der Waals surface area contributed by atoms with Gasteiger partial charge in [-0.3, -0.25) is 27.5 Å². The molecule has 0 aromatic carbocycles. The number of rotatable bonds is 19. The van der Waals surface area contributed by atoms with E-state index in [1.165, 1.54) is 34.9 Å². The Morgan fingerprint density at radius 1 is 1.14 bits per heavy atom. The number of phosphoric acid groups is 2. The number of allylic oxidation sites excluding steroid dienone is 1. The van der Waals surface area contributed by atoms with E-state index < -0.39 is 95.4 Å². The number of fused-ring (bicyclic) bond motifs is 1. The number of aliphatic hydroxyl groups excluding tert-OH is 1. The number of carbonyl (C=O) groups is 2. The summed E-state index contributed by atoms with van der Waals surface area (Å²) in [6.45, 7) is 1.89. The fourth-order valence-corrected chi connectivity index (χ4v) is 7.58. The lowest BCUT2D eigenvalue weighted by Gasteiger charge is -2.25. The fraction of sp³-hybridized carbons (Fsp3) is 0.552. The van der Waals surface area contributed by atoms with Crippen LogP contribution in [0.2, 0.25) is 0 Å². The lowest BCUT2D eigenvalue weighted by molar-refractivity contribution is -0.160. The highest BCUT2D eigenvalue weighted by Gasteiger charge is 2.50. The van der Waals surface area contributed by atoms with E-state index in [2.05, 4.69) is 36.4 Å². The van der Waals surface area contributed by atoms with Gasteiger partial charge in [-0.15, -0.1) is 6.58 Å². The minimum Gasteiger partial charge on any atom is -0.455 e. The van der Waals surface area contributed by atoms with Gasteiger partial charge in [-0.05, 0) is 30.9 Å². The first-order valence-corrected chi connectivity index (χ1v) is 21.1. The van der Waals surface area contributed by atoms with Gasteiger partial charge in [0, 0.05) is 19.0 Å². The number of anilines is 2. The van der Waals surface area contributed by atoms with Crippen LogP contribution in [0.4, 0.5) is 11.6 Å². The Morgan fingerprint density at radius 3 is 2.59 bits per heavy atom. The zero-order valence-corrected chi connectivity index (χ0v) is 32.2. The van der Waals surface area contributed by atoms with Crippen LogP contribution in [-0.4, -0.2) is 123 Å². The van der Waals surface area contributed by atoms with Crippen LogP contribution in [-0.2, 0) is 46.5 Å². The van der Waals surface area contributed by atoms with Crippen LogP contribution in [0.1, 0.15) is 38.1 Å². The number of nitrogen functional groups attached to an aromatic ring is 2. The minimum absolute atomic E-state index is 0.0199. The van der Waals surface area contributed by atoms with Gasteiger partial charge in [-0.1, -0.05) is 6.08 Å². The molecule has 1 unspecified atom stereocenters. The molecular weight excluding hydrogens is 808 g/mol. The first kappa shape index (κ1) is 43.3. The molecule has 3 aromatic heterocycles. The van der Waals surface area contributed by atoms with E-state index in [1.807, 2.05) is 0 Å². The summed E-state index contributed by atoms with van der Waals surface area (Å²) in [7, 11) is -10.2. The van der Waals surface area contributed by atoms with Crippen LogP contribution in [0.25, 0.3) is 11.2 Å². The molecule has 9 N–H and O–H groups in total. The number of imidazole rings is 1. The Kier molecular flexibility index (Phi) is 14.4. The summed E-state index contributed by atoms with van der Waals surface area (Å²) in [4.78, 5) is 83.8. The van der Waals surface area contributed by atoms with Crippen LogP contribution in [0, 0.1) is 0 Å². The van der Waals surface area contributed by atoms with Crippen molar-refractivity contribution in [3.63, 3.8) is 0 Å². The number of hydrogen-bond donors (Lipinski definition) is 7. The van der Waals surface area contributed by atoms with Gasteiger partial charge in [0.2, 0.25) is 5.91 Å². The molecule has 9 atom stereocenters. The lowest BCUT2D eigenvalue weighted by Crippen LogP contribution is -2.46.